The summed E-state index contributed by atoms with van der Waals surface area (Å²) in [7, 11) is 0. The van der Waals surface area contributed by atoms with E-state index in [0.29, 0.717) is 6.61 Å². The second-order valence-corrected chi connectivity index (χ2v) is 5.62. The SMILES string of the molecule is CCCCCCCCCCCCOC(=O)[C@@H](N)[C@@H](C)O.[H-].[Na+]. The fourth-order valence-corrected chi connectivity index (χ4v) is 2.06. The van der Waals surface area contributed by atoms with Gasteiger partial charge in [0.1, 0.15) is 6.04 Å². The zero-order valence-electron chi connectivity index (χ0n) is 15.3. The first kappa shape index (κ1) is 23.7. The molecule has 4 nitrogen and oxygen atoms in total. The number of nitrogens with two attached hydrogens (primary N) is 1. The van der Waals surface area contributed by atoms with Crippen LogP contribution in [-0.2, 0) is 9.53 Å². The molecule has 0 aliphatic rings. The molecule has 0 saturated heterocycles. The van der Waals surface area contributed by atoms with Gasteiger partial charge in [0.15, 0.2) is 0 Å². The van der Waals surface area contributed by atoms with E-state index in [0.717, 1.165) is 12.8 Å². The molecule has 3 N–H and O–H groups in total. The van der Waals surface area contributed by atoms with Crippen molar-refractivity contribution >= 4 is 5.97 Å². The van der Waals surface area contributed by atoms with Gasteiger partial charge in [-0.15, -0.1) is 0 Å². The first-order valence-electron chi connectivity index (χ1n) is 8.19. The molecule has 122 valence electrons. The van der Waals surface area contributed by atoms with Crippen molar-refractivity contribution in [3.8, 4) is 0 Å². The van der Waals surface area contributed by atoms with Gasteiger partial charge in [-0.25, -0.2) is 0 Å². The summed E-state index contributed by atoms with van der Waals surface area (Å²) >= 11 is 0. The van der Waals surface area contributed by atoms with E-state index in [1.807, 2.05) is 0 Å². The molecule has 0 fully saturated rings. The minimum Gasteiger partial charge on any atom is -1.00 e. The van der Waals surface area contributed by atoms with Crippen molar-refractivity contribution < 1.29 is 45.6 Å². The fraction of sp³-hybridized carbons (Fsp3) is 0.938. The molecule has 0 aromatic carbocycles. The van der Waals surface area contributed by atoms with Gasteiger partial charge < -0.3 is 17.0 Å². The van der Waals surface area contributed by atoms with Crippen LogP contribution < -0.4 is 35.3 Å². The second-order valence-electron chi connectivity index (χ2n) is 5.62. The molecule has 0 amide bonds. The molecule has 0 aliphatic carbocycles. The summed E-state index contributed by atoms with van der Waals surface area (Å²) in [6.45, 7) is 4.14. The Labute approximate surface area is 154 Å². The second kappa shape index (κ2) is 16.8. The van der Waals surface area contributed by atoms with Gasteiger partial charge in [-0.3, -0.25) is 4.79 Å². The van der Waals surface area contributed by atoms with E-state index in [2.05, 4.69) is 6.92 Å². The van der Waals surface area contributed by atoms with Crippen molar-refractivity contribution in [2.24, 2.45) is 5.73 Å². The molecule has 0 unspecified atom stereocenters. The molecule has 0 saturated carbocycles. The number of carbonyl (C=O) groups excluding carboxylic acids is 1. The van der Waals surface area contributed by atoms with Crippen molar-refractivity contribution in [2.75, 3.05) is 6.61 Å². The Morgan fingerprint density at radius 1 is 1.05 bits per heavy atom. The van der Waals surface area contributed by atoms with Gasteiger partial charge in [0.25, 0.3) is 0 Å². The van der Waals surface area contributed by atoms with E-state index in [1.54, 1.807) is 0 Å². The normalized spacial score (nSPS) is 13.3. The van der Waals surface area contributed by atoms with E-state index < -0.39 is 18.1 Å². The average molecular weight is 311 g/mol. The van der Waals surface area contributed by atoms with Crippen LogP contribution in [0.3, 0.4) is 0 Å². The third-order valence-corrected chi connectivity index (χ3v) is 3.53. The molecule has 5 heteroatoms. The number of unbranched alkanes of at least 4 members (excludes halogenated alkanes) is 9. The van der Waals surface area contributed by atoms with Crippen LogP contribution in [0.25, 0.3) is 0 Å². The minimum absolute atomic E-state index is 0. The van der Waals surface area contributed by atoms with Crippen molar-refractivity contribution in [3.05, 3.63) is 0 Å². The van der Waals surface area contributed by atoms with Gasteiger partial charge in [-0.1, -0.05) is 64.7 Å². The Balaban J connectivity index is -0.00000180. The molecule has 0 aromatic rings. The van der Waals surface area contributed by atoms with Gasteiger partial charge >= 0.3 is 35.5 Å². The third-order valence-electron chi connectivity index (χ3n) is 3.53. The maximum atomic E-state index is 11.3. The first-order chi connectivity index (χ1) is 9.59. The number of aliphatic hydroxyl groups excluding tert-OH is 1. The monoisotopic (exact) mass is 311 g/mol. The zero-order valence-corrected chi connectivity index (χ0v) is 16.3. The van der Waals surface area contributed by atoms with Crippen LogP contribution >= 0.6 is 0 Å². The Bertz CT molecular complexity index is 243. The molecule has 2 atom stereocenters. The standard InChI is InChI=1S/C16H33NO3.Na.H/c1-3-4-5-6-7-8-9-10-11-12-13-20-16(19)15(17)14(2)18;;/h14-15,18H,3-13,17H2,1-2H3;;/q;+1;-1/t14-,15+;;/m1../s1. The summed E-state index contributed by atoms with van der Waals surface area (Å²) in [5.74, 6) is -0.504. The fourth-order valence-electron chi connectivity index (χ4n) is 2.06. The van der Waals surface area contributed by atoms with Gasteiger partial charge in [0.2, 0.25) is 0 Å². The maximum absolute atomic E-state index is 11.3. The Morgan fingerprint density at radius 2 is 1.48 bits per heavy atom. The molecule has 0 rings (SSSR count). The van der Waals surface area contributed by atoms with Gasteiger partial charge in [-0.05, 0) is 13.3 Å². The largest absolute Gasteiger partial charge is 1.00 e. The number of esters is 1. The van der Waals surface area contributed by atoms with Gasteiger partial charge in [0.05, 0.1) is 12.7 Å². The summed E-state index contributed by atoms with van der Waals surface area (Å²) in [6, 6.07) is -0.918. The number of aliphatic hydroxyl groups is 1. The van der Waals surface area contributed by atoms with Crippen LogP contribution in [0.2, 0.25) is 0 Å². The molecule has 0 bridgehead atoms. The quantitative estimate of drug-likeness (QED) is 0.291. The van der Waals surface area contributed by atoms with Crippen LogP contribution in [0.5, 0.6) is 0 Å². The zero-order chi connectivity index (χ0) is 15.2. The maximum Gasteiger partial charge on any atom is 1.00 e. The molecule has 0 heterocycles. The summed E-state index contributed by atoms with van der Waals surface area (Å²) in [5.41, 5.74) is 5.47. The minimum atomic E-state index is -0.918. The average Bonchev–Trinajstić information content (AvgIpc) is 2.43. The predicted molar refractivity (Wildman–Crippen MR) is 83.6 cm³/mol. The molecular formula is C16H34NNaO3. The van der Waals surface area contributed by atoms with Crippen LogP contribution in [-0.4, -0.2) is 29.8 Å². The van der Waals surface area contributed by atoms with Gasteiger partial charge in [-0.2, -0.15) is 0 Å². The van der Waals surface area contributed by atoms with E-state index in [-0.39, 0.29) is 31.0 Å². The Kier molecular flexibility index (Phi) is 18.9. The van der Waals surface area contributed by atoms with Crippen LogP contribution in [0.1, 0.15) is 79.5 Å². The molecule has 0 aromatic heterocycles. The van der Waals surface area contributed by atoms with Crippen LogP contribution in [0.15, 0.2) is 0 Å². The molecule has 0 aliphatic heterocycles. The van der Waals surface area contributed by atoms with Crippen LogP contribution in [0.4, 0.5) is 0 Å². The number of hydrogen-bond acceptors (Lipinski definition) is 4. The summed E-state index contributed by atoms with van der Waals surface area (Å²) in [6.07, 6.45) is 11.7. The number of hydrogen-bond donors (Lipinski definition) is 2. The summed E-state index contributed by atoms with van der Waals surface area (Å²) in [4.78, 5) is 11.3. The molecule has 0 radical (unpaired) electrons. The number of rotatable bonds is 13. The predicted octanol–water partition coefficient (Wildman–Crippen LogP) is 0.275. The van der Waals surface area contributed by atoms with E-state index in [9.17, 15) is 4.79 Å². The Hall–Kier alpha value is 0.390. The molecule has 21 heavy (non-hydrogen) atoms. The molecular weight excluding hydrogens is 277 g/mol. The molecule has 0 spiro atoms. The van der Waals surface area contributed by atoms with Crippen molar-refractivity contribution in [2.45, 2.75) is 90.2 Å². The Morgan fingerprint density at radius 3 is 1.90 bits per heavy atom. The summed E-state index contributed by atoms with van der Waals surface area (Å²) in [5, 5.41) is 9.14. The first-order valence-corrected chi connectivity index (χ1v) is 8.19. The summed E-state index contributed by atoms with van der Waals surface area (Å²) < 4.78 is 5.01. The van der Waals surface area contributed by atoms with Crippen molar-refractivity contribution in [1.82, 2.24) is 0 Å². The van der Waals surface area contributed by atoms with E-state index in [1.165, 1.54) is 58.3 Å². The van der Waals surface area contributed by atoms with Crippen LogP contribution in [0, 0.1) is 0 Å². The number of ether oxygens (including phenoxy) is 1. The topological polar surface area (TPSA) is 72.5 Å². The third kappa shape index (κ3) is 15.1. The van der Waals surface area contributed by atoms with E-state index in [4.69, 9.17) is 15.6 Å². The van der Waals surface area contributed by atoms with Crippen molar-refractivity contribution in [1.29, 1.82) is 0 Å². The van der Waals surface area contributed by atoms with E-state index >= 15 is 0 Å². The van der Waals surface area contributed by atoms with Gasteiger partial charge in [0, 0.05) is 0 Å². The smallest absolute Gasteiger partial charge is 1.00 e. The number of carbonyl (C=O) groups is 1. The van der Waals surface area contributed by atoms with Crippen molar-refractivity contribution in [3.63, 3.8) is 0 Å².